The Morgan fingerprint density at radius 2 is 1.79 bits per heavy atom. The zero-order valence-electron chi connectivity index (χ0n) is 17.4. The predicted octanol–water partition coefficient (Wildman–Crippen LogP) is 1.84. The molecule has 1 saturated heterocycles. The molecule has 1 heterocycles. The van der Waals surface area contributed by atoms with Crippen LogP contribution >= 0.6 is 0 Å². The smallest absolute Gasteiger partial charge is 0.408 e. The number of hydrogen-bond acceptors (Lipinski definition) is 6. The van der Waals surface area contributed by atoms with Crippen LogP contribution in [0.5, 0.6) is 0 Å². The van der Waals surface area contributed by atoms with E-state index in [1.165, 1.54) is 0 Å². The third-order valence-electron chi connectivity index (χ3n) is 4.29. The van der Waals surface area contributed by atoms with Crippen LogP contribution in [0.3, 0.4) is 0 Å². The lowest BCUT2D eigenvalue weighted by Crippen LogP contribution is -2.54. The van der Waals surface area contributed by atoms with Gasteiger partial charge in [-0.3, -0.25) is 9.59 Å². The Labute approximate surface area is 171 Å². The topological polar surface area (TPSA) is 97.0 Å². The number of piperazine rings is 1. The Morgan fingerprint density at radius 1 is 1.14 bits per heavy atom. The highest BCUT2D eigenvalue weighted by Crippen LogP contribution is 2.12. The summed E-state index contributed by atoms with van der Waals surface area (Å²) in [6.07, 6.45) is -0.511. The highest BCUT2D eigenvalue weighted by Gasteiger charge is 2.28. The average molecular weight is 405 g/mol. The molecule has 8 heteroatoms. The minimum atomic E-state index is -0.844. The fourth-order valence-electron chi connectivity index (χ4n) is 2.92. The van der Waals surface area contributed by atoms with Gasteiger partial charge in [0.15, 0.2) is 0 Å². The molecule has 2 amide bonds. The van der Waals surface area contributed by atoms with Crippen LogP contribution in [0.2, 0.25) is 0 Å². The van der Waals surface area contributed by atoms with Crippen molar-refractivity contribution in [3.05, 3.63) is 35.9 Å². The van der Waals surface area contributed by atoms with Crippen molar-refractivity contribution in [3.63, 3.8) is 0 Å². The summed E-state index contributed by atoms with van der Waals surface area (Å²) in [4.78, 5) is 38.9. The molecule has 0 radical (unpaired) electrons. The average Bonchev–Trinajstić information content (AvgIpc) is 2.69. The fraction of sp³-hybridized carbons (Fsp3) is 0.571. The normalized spacial score (nSPS) is 15.3. The maximum Gasteiger partial charge on any atom is 0.408 e. The quantitative estimate of drug-likeness (QED) is 0.672. The molecule has 8 nitrogen and oxygen atoms in total. The molecule has 2 N–H and O–H groups in total. The molecule has 0 bridgehead atoms. The van der Waals surface area contributed by atoms with Crippen molar-refractivity contribution in [3.8, 4) is 0 Å². The van der Waals surface area contributed by atoms with Gasteiger partial charge in [-0.25, -0.2) is 4.79 Å². The van der Waals surface area contributed by atoms with E-state index in [0.29, 0.717) is 26.2 Å². The Bertz CT molecular complexity index is 681. The number of nitrogens with zero attached hydrogens (tertiary/aromatic N) is 1. The van der Waals surface area contributed by atoms with Gasteiger partial charge in [0.2, 0.25) is 5.91 Å². The first kappa shape index (κ1) is 22.7. The highest BCUT2D eigenvalue weighted by atomic mass is 16.6. The van der Waals surface area contributed by atoms with E-state index >= 15 is 0 Å². The summed E-state index contributed by atoms with van der Waals surface area (Å²) in [7, 11) is 0. The number of rotatable bonds is 7. The summed E-state index contributed by atoms with van der Waals surface area (Å²) >= 11 is 0. The largest absolute Gasteiger partial charge is 0.460 e. The van der Waals surface area contributed by atoms with Crippen LogP contribution in [-0.2, 0) is 25.7 Å². The second-order valence-electron chi connectivity index (χ2n) is 7.96. The van der Waals surface area contributed by atoms with Crippen LogP contribution in [0.4, 0.5) is 4.79 Å². The van der Waals surface area contributed by atoms with Crippen molar-refractivity contribution in [2.75, 3.05) is 26.2 Å². The number of esters is 1. The molecular formula is C21H31N3O5. The van der Waals surface area contributed by atoms with E-state index < -0.39 is 23.7 Å². The van der Waals surface area contributed by atoms with E-state index in [2.05, 4.69) is 10.6 Å². The molecule has 1 atom stereocenters. The summed E-state index contributed by atoms with van der Waals surface area (Å²) in [5, 5.41) is 5.81. The van der Waals surface area contributed by atoms with Crippen LogP contribution in [0.25, 0.3) is 0 Å². The van der Waals surface area contributed by atoms with Crippen LogP contribution < -0.4 is 10.6 Å². The minimum Gasteiger partial charge on any atom is -0.460 e. The van der Waals surface area contributed by atoms with E-state index in [0.717, 1.165) is 5.56 Å². The highest BCUT2D eigenvalue weighted by molar-refractivity contribution is 5.86. The molecule has 0 unspecified atom stereocenters. The Balaban J connectivity index is 1.94. The van der Waals surface area contributed by atoms with Gasteiger partial charge in [-0.05, 0) is 32.8 Å². The standard InChI is InChI=1S/C21H31N3O5/c1-21(2,3)29-18(25)10-9-17(19(26)24-13-11-22-12-14-24)23-20(27)28-15-16-7-5-4-6-8-16/h4-8,17,22H,9-15H2,1-3H3,(H,23,27)/t17-/m0/s1. The van der Waals surface area contributed by atoms with Crippen LogP contribution in [0.1, 0.15) is 39.2 Å². The number of amides is 2. The molecule has 29 heavy (non-hydrogen) atoms. The molecule has 1 fully saturated rings. The SMILES string of the molecule is CC(C)(C)OC(=O)CC[C@H](NC(=O)OCc1ccccc1)C(=O)N1CCNCC1. The number of alkyl carbamates (subject to hydrolysis) is 1. The van der Waals surface area contributed by atoms with Gasteiger partial charge < -0.3 is 25.0 Å². The van der Waals surface area contributed by atoms with Crippen molar-refractivity contribution in [1.29, 1.82) is 0 Å². The molecule has 0 saturated carbocycles. The maximum absolute atomic E-state index is 12.9. The lowest BCUT2D eigenvalue weighted by molar-refractivity contribution is -0.155. The number of benzene rings is 1. The number of carbonyl (C=O) groups is 3. The van der Waals surface area contributed by atoms with Gasteiger partial charge in [0.1, 0.15) is 18.2 Å². The summed E-state index contributed by atoms with van der Waals surface area (Å²) in [6.45, 7) is 7.97. The Hall–Kier alpha value is -2.61. The zero-order valence-corrected chi connectivity index (χ0v) is 17.4. The number of ether oxygens (including phenoxy) is 2. The van der Waals surface area contributed by atoms with Crippen LogP contribution in [0.15, 0.2) is 30.3 Å². The molecule has 1 aromatic carbocycles. The monoisotopic (exact) mass is 405 g/mol. The van der Waals surface area contributed by atoms with Gasteiger partial charge >= 0.3 is 12.1 Å². The molecule has 0 spiro atoms. The van der Waals surface area contributed by atoms with E-state index in [4.69, 9.17) is 9.47 Å². The number of hydrogen-bond donors (Lipinski definition) is 2. The zero-order chi connectivity index (χ0) is 21.3. The number of nitrogens with one attached hydrogen (secondary N) is 2. The van der Waals surface area contributed by atoms with E-state index in [1.807, 2.05) is 30.3 Å². The summed E-state index contributed by atoms with van der Waals surface area (Å²) < 4.78 is 10.5. The van der Waals surface area contributed by atoms with Crippen molar-refractivity contribution in [1.82, 2.24) is 15.5 Å². The van der Waals surface area contributed by atoms with Gasteiger partial charge in [0.05, 0.1) is 0 Å². The first-order valence-electron chi connectivity index (χ1n) is 9.93. The van der Waals surface area contributed by atoms with Gasteiger partial charge in [0.25, 0.3) is 0 Å². The molecular weight excluding hydrogens is 374 g/mol. The summed E-state index contributed by atoms with van der Waals surface area (Å²) in [5.41, 5.74) is 0.248. The molecule has 1 aliphatic rings. The molecule has 1 aliphatic heterocycles. The minimum absolute atomic E-state index is 0.0265. The summed E-state index contributed by atoms with van der Waals surface area (Å²) in [5.74, 6) is -0.623. The second kappa shape index (κ2) is 10.8. The number of carbonyl (C=O) groups excluding carboxylic acids is 3. The lowest BCUT2D eigenvalue weighted by atomic mass is 10.1. The predicted molar refractivity (Wildman–Crippen MR) is 108 cm³/mol. The van der Waals surface area contributed by atoms with Crippen LogP contribution in [0, 0.1) is 0 Å². The van der Waals surface area contributed by atoms with E-state index in [-0.39, 0.29) is 25.4 Å². The first-order valence-corrected chi connectivity index (χ1v) is 9.93. The molecule has 2 rings (SSSR count). The lowest BCUT2D eigenvalue weighted by Gasteiger charge is -2.31. The van der Waals surface area contributed by atoms with Crippen molar-refractivity contribution >= 4 is 18.0 Å². The van der Waals surface area contributed by atoms with Gasteiger partial charge in [-0.1, -0.05) is 30.3 Å². The van der Waals surface area contributed by atoms with Gasteiger partial charge in [-0.2, -0.15) is 0 Å². The van der Waals surface area contributed by atoms with Gasteiger partial charge in [0, 0.05) is 32.6 Å². The Morgan fingerprint density at radius 3 is 2.41 bits per heavy atom. The molecule has 0 aromatic heterocycles. The maximum atomic E-state index is 12.9. The third-order valence-corrected chi connectivity index (χ3v) is 4.29. The van der Waals surface area contributed by atoms with Crippen molar-refractivity contribution in [2.45, 2.75) is 51.9 Å². The molecule has 0 aliphatic carbocycles. The van der Waals surface area contributed by atoms with E-state index in [1.54, 1.807) is 25.7 Å². The van der Waals surface area contributed by atoms with Crippen molar-refractivity contribution < 1.29 is 23.9 Å². The third kappa shape index (κ3) is 8.51. The van der Waals surface area contributed by atoms with Crippen molar-refractivity contribution in [2.24, 2.45) is 0 Å². The molecule has 1 aromatic rings. The Kier molecular flexibility index (Phi) is 8.45. The van der Waals surface area contributed by atoms with Crippen LogP contribution in [-0.4, -0.2) is 60.7 Å². The fourth-order valence-corrected chi connectivity index (χ4v) is 2.92. The molecule has 160 valence electrons. The van der Waals surface area contributed by atoms with Gasteiger partial charge in [-0.15, -0.1) is 0 Å². The summed E-state index contributed by atoms with van der Waals surface area (Å²) in [6, 6.07) is 8.44. The van der Waals surface area contributed by atoms with E-state index in [9.17, 15) is 14.4 Å². The first-order chi connectivity index (χ1) is 13.7. The second-order valence-corrected chi connectivity index (χ2v) is 7.96.